The number of aliphatic imine (C=N–C) groups is 1. The van der Waals surface area contributed by atoms with E-state index in [0.717, 1.165) is 16.9 Å². The third kappa shape index (κ3) is 2.85. The van der Waals surface area contributed by atoms with Gasteiger partial charge in [0.05, 0.1) is 5.69 Å². The van der Waals surface area contributed by atoms with Crippen molar-refractivity contribution >= 4 is 11.7 Å². The third-order valence-electron chi connectivity index (χ3n) is 5.52. The van der Waals surface area contributed by atoms with Crippen molar-refractivity contribution in [2.45, 2.75) is 18.9 Å². The summed E-state index contributed by atoms with van der Waals surface area (Å²) < 4.78 is 1.53. The van der Waals surface area contributed by atoms with Crippen molar-refractivity contribution in [1.82, 2.24) is 14.7 Å². The minimum atomic E-state index is -0.707. The molecule has 0 fully saturated rings. The normalized spacial score (nSPS) is 18.4. The molecule has 5 rings (SSSR count). The number of benzene rings is 2. The lowest BCUT2D eigenvalue weighted by Crippen LogP contribution is -2.35. The van der Waals surface area contributed by atoms with Gasteiger partial charge in [-0.15, -0.1) is 0 Å². The van der Waals surface area contributed by atoms with Gasteiger partial charge in [-0.05, 0) is 36.8 Å². The highest BCUT2D eigenvalue weighted by Gasteiger charge is 2.42. The summed E-state index contributed by atoms with van der Waals surface area (Å²) >= 11 is 0. The first-order valence-corrected chi connectivity index (χ1v) is 9.83. The molecule has 1 amide bonds. The number of rotatable bonds is 4. The Labute approximate surface area is 173 Å². The fourth-order valence-electron chi connectivity index (χ4n) is 4.13. The summed E-state index contributed by atoms with van der Waals surface area (Å²) in [7, 11) is 0. The van der Waals surface area contributed by atoms with E-state index >= 15 is 0 Å². The molecule has 1 aromatic heterocycles. The lowest BCUT2D eigenvalue weighted by Gasteiger charge is -2.21. The largest absolute Gasteiger partial charge is 0.295 e. The molecule has 30 heavy (non-hydrogen) atoms. The highest BCUT2D eigenvalue weighted by Crippen LogP contribution is 2.34. The Morgan fingerprint density at radius 1 is 0.967 bits per heavy atom. The van der Waals surface area contributed by atoms with Crippen molar-refractivity contribution in [3.63, 3.8) is 0 Å². The van der Waals surface area contributed by atoms with Crippen LogP contribution < -0.4 is 5.56 Å². The number of aromatic amines is 1. The number of carbonyl (C=O) groups excluding carboxylic acids is 1. The first kappa shape index (κ1) is 18.1. The molecule has 6 nitrogen and oxygen atoms in total. The van der Waals surface area contributed by atoms with Gasteiger partial charge in [-0.25, -0.2) is 4.68 Å². The summed E-state index contributed by atoms with van der Waals surface area (Å²) in [6, 6.07) is 18.3. The Morgan fingerprint density at radius 3 is 2.37 bits per heavy atom. The van der Waals surface area contributed by atoms with Crippen LogP contribution in [0.1, 0.15) is 22.7 Å². The van der Waals surface area contributed by atoms with Crippen LogP contribution in [0.5, 0.6) is 0 Å². The van der Waals surface area contributed by atoms with Crippen LogP contribution in [-0.2, 0) is 4.79 Å². The molecule has 3 aromatic rings. The highest BCUT2D eigenvalue weighted by molar-refractivity contribution is 6.12. The van der Waals surface area contributed by atoms with Crippen molar-refractivity contribution < 1.29 is 4.79 Å². The maximum Gasteiger partial charge on any atom is 0.275 e. The molecule has 0 radical (unpaired) electrons. The number of fused-ring (bicyclic) bond motifs is 1. The Kier molecular flexibility index (Phi) is 4.32. The first-order valence-electron chi connectivity index (χ1n) is 9.83. The maximum absolute atomic E-state index is 13.5. The number of aryl methyl sites for hydroxylation is 1. The van der Waals surface area contributed by atoms with Crippen LogP contribution in [-0.4, -0.2) is 32.5 Å². The lowest BCUT2D eigenvalue weighted by molar-refractivity contribution is -0.125. The monoisotopic (exact) mass is 396 g/mol. The van der Waals surface area contributed by atoms with Gasteiger partial charge in [0.2, 0.25) is 0 Å². The topological polar surface area (TPSA) is 70.5 Å². The number of carbonyl (C=O) groups is 1. The minimum Gasteiger partial charge on any atom is -0.295 e. The standard InChI is InChI=1S/C24H20N4O2/c1-16-20(23(29)28(26-16)18-12-6-3-7-13-18)21(17-10-4-2-5-11-17)22-24(30)27-15-9-8-14-19(27)25-22/h2-15,21-22,26H,1H3. The van der Waals surface area contributed by atoms with Crippen LogP contribution in [0, 0.1) is 6.92 Å². The van der Waals surface area contributed by atoms with Crippen molar-refractivity contribution in [1.29, 1.82) is 0 Å². The number of nitrogens with zero attached hydrogens (tertiary/aromatic N) is 3. The zero-order valence-corrected chi connectivity index (χ0v) is 16.4. The van der Waals surface area contributed by atoms with E-state index in [1.54, 1.807) is 17.2 Å². The molecule has 148 valence electrons. The summed E-state index contributed by atoms with van der Waals surface area (Å²) in [5, 5.41) is 3.18. The van der Waals surface area contributed by atoms with Gasteiger partial charge in [0.1, 0.15) is 11.9 Å². The second-order valence-electron chi connectivity index (χ2n) is 7.36. The van der Waals surface area contributed by atoms with Crippen molar-refractivity contribution in [2.75, 3.05) is 0 Å². The zero-order valence-electron chi connectivity index (χ0n) is 16.4. The van der Waals surface area contributed by atoms with Gasteiger partial charge >= 0.3 is 0 Å². The van der Waals surface area contributed by atoms with Crippen LogP contribution in [0.15, 0.2) is 94.9 Å². The number of hydrogen-bond donors (Lipinski definition) is 1. The summed E-state index contributed by atoms with van der Waals surface area (Å²) in [6.45, 7) is 1.87. The number of amides is 1. The van der Waals surface area contributed by atoms with Crippen molar-refractivity contribution in [3.05, 3.63) is 112 Å². The average Bonchev–Trinajstić information content (AvgIpc) is 3.27. The summed E-state index contributed by atoms with van der Waals surface area (Å²) in [5.74, 6) is -0.0250. The Balaban J connectivity index is 1.69. The van der Waals surface area contributed by atoms with Crippen LogP contribution >= 0.6 is 0 Å². The molecule has 2 atom stereocenters. The van der Waals surface area contributed by atoms with Crippen molar-refractivity contribution in [3.8, 4) is 5.69 Å². The summed E-state index contributed by atoms with van der Waals surface area (Å²) in [4.78, 5) is 33.0. The van der Waals surface area contributed by atoms with E-state index in [0.29, 0.717) is 11.4 Å². The van der Waals surface area contributed by atoms with Gasteiger partial charge in [0.15, 0.2) is 0 Å². The predicted molar refractivity (Wildman–Crippen MR) is 116 cm³/mol. The highest BCUT2D eigenvalue weighted by atomic mass is 16.2. The van der Waals surface area contributed by atoms with Gasteiger partial charge in [-0.1, -0.05) is 54.6 Å². The van der Waals surface area contributed by atoms with E-state index in [9.17, 15) is 9.59 Å². The average molecular weight is 396 g/mol. The third-order valence-corrected chi connectivity index (χ3v) is 5.52. The van der Waals surface area contributed by atoms with E-state index in [-0.39, 0.29) is 11.5 Å². The van der Waals surface area contributed by atoms with E-state index < -0.39 is 12.0 Å². The number of nitrogens with one attached hydrogen (secondary N) is 1. The van der Waals surface area contributed by atoms with Crippen LogP contribution in [0.4, 0.5) is 0 Å². The number of allylic oxidation sites excluding steroid dienone is 2. The molecular formula is C24H20N4O2. The molecule has 2 unspecified atom stereocenters. The van der Waals surface area contributed by atoms with Crippen LogP contribution in [0.2, 0.25) is 0 Å². The molecule has 6 heteroatoms. The molecule has 2 aromatic carbocycles. The molecule has 0 saturated heterocycles. The van der Waals surface area contributed by atoms with Gasteiger partial charge in [0.25, 0.3) is 11.5 Å². The molecule has 0 spiro atoms. The van der Waals surface area contributed by atoms with Gasteiger partial charge < -0.3 is 0 Å². The van der Waals surface area contributed by atoms with E-state index in [2.05, 4.69) is 5.10 Å². The maximum atomic E-state index is 13.5. The number of amidine groups is 1. The first-order chi connectivity index (χ1) is 14.6. The number of H-pyrrole nitrogens is 1. The molecule has 2 aliphatic rings. The zero-order chi connectivity index (χ0) is 20.7. The molecule has 0 aliphatic carbocycles. The molecular weight excluding hydrogens is 376 g/mol. The molecule has 3 heterocycles. The number of aromatic nitrogens is 2. The minimum absolute atomic E-state index is 0.134. The molecule has 2 aliphatic heterocycles. The van der Waals surface area contributed by atoms with Gasteiger partial charge in [0, 0.05) is 23.4 Å². The molecule has 0 bridgehead atoms. The van der Waals surface area contributed by atoms with E-state index in [4.69, 9.17) is 4.99 Å². The SMILES string of the molecule is Cc1[nH]n(-c2ccccc2)c(=O)c1C(c1ccccc1)C1N=C2C=CC=CN2C1=O. The van der Waals surface area contributed by atoms with E-state index in [1.807, 2.05) is 79.7 Å². The van der Waals surface area contributed by atoms with Crippen molar-refractivity contribution in [2.24, 2.45) is 4.99 Å². The van der Waals surface area contributed by atoms with E-state index in [1.165, 1.54) is 4.68 Å². The molecule has 1 N–H and O–H groups in total. The smallest absolute Gasteiger partial charge is 0.275 e. The second kappa shape index (κ2) is 7.15. The predicted octanol–water partition coefficient (Wildman–Crippen LogP) is 3.30. The van der Waals surface area contributed by atoms with Crippen LogP contribution in [0.25, 0.3) is 5.69 Å². The Hall–Kier alpha value is -3.93. The Bertz CT molecular complexity index is 1250. The summed E-state index contributed by atoms with van der Waals surface area (Å²) in [5.41, 5.74) is 2.74. The summed E-state index contributed by atoms with van der Waals surface area (Å²) in [6.07, 6.45) is 7.19. The lowest BCUT2D eigenvalue weighted by atomic mass is 9.85. The quantitative estimate of drug-likeness (QED) is 0.735. The van der Waals surface area contributed by atoms with Gasteiger partial charge in [-0.2, -0.15) is 0 Å². The fourth-order valence-corrected chi connectivity index (χ4v) is 4.13. The second-order valence-corrected chi connectivity index (χ2v) is 7.36. The Morgan fingerprint density at radius 2 is 1.67 bits per heavy atom. The fraction of sp³-hybridized carbons (Fsp3) is 0.125. The van der Waals surface area contributed by atoms with Gasteiger partial charge in [-0.3, -0.25) is 24.6 Å². The number of hydrogen-bond acceptors (Lipinski definition) is 3. The van der Waals surface area contributed by atoms with Crippen LogP contribution in [0.3, 0.4) is 0 Å². The molecule has 0 saturated carbocycles. The number of para-hydroxylation sites is 1.